The number of benzene rings is 1. The van der Waals surface area contributed by atoms with Gasteiger partial charge in [0, 0.05) is 19.3 Å². The van der Waals surface area contributed by atoms with Gasteiger partial charge in [0.2, 0.25) is 0 Å². The van der Waals surface area contributed by atoms with Crippen molar-refractivity contribution in [3.05, 3.63) is 94.7 Å². The van der Waals surface area contributed by atoms with Crippen molar-refractivity contribution in [3.8, 4) is 0 Å². The quantitative estimate of drug-likeness (QED) is 0.759. The lowest BCUT2D eigenvalue weighted by Gasteiger charge is -2.34. The molecule has 1 aliphatic carbocycles. The van der Waals surface area contributed by atoms with Crippen molar-refractivity contribution in [2.75, 3.05) is 18.0 Å². The molecule has 1 amide bonds. The molecule has 0 saturated carbocycles. The molecule has 6 heteroatoms. The van der Waals surface area contributed by atoms with Crippen LogP contribution in [0.4, 0.5) is 14.6 Å². The number of amides is 1. The lowest BCUT2D eigenvalue weighted by Crippen LogP contribution is -2.45. The van der Waals surface area contributed by atoms with Gasteiger partial charge in [-0.2, -0.15) is 0 Å². The van der Waals surface area contributed by atoms with Crippen molar-refractivity contribution in [3.63, 3.8) is 0 Å². The Labute approximate surface area is 181 Å². The van der Waals surface area contributed by atoms with E-state index in [9.17, 15) is 13.6 Å². The molecule has 0 radical (unpaired) electrons. The van der Waals surface area contributed by atoms with E-state index >= 15 is 0 Å². The zero-order chi connectivity index (χ0) is 22.0. The summed E-state index contributed by atoms with van der Waals surface area (Å²) in [5, 5.41) is 2.78. The molecule has 4 nitrogen and oxygen atoms in total. The molecule has 2 aromatic rings. The van der Waals surface area contributed by atoms with Crippen molar-refractivity contribution in [2.45, 2.75) is 32.2 Å². The number of rotatable bonds is 4. The van der Waals surface area contributed by atoms with E-state index in [4.69, 9.17) is 0 Å². The molecular formula is C25H25F2N3O. The molecular weight excluding hydrogens is 396 g/mol. The van der Waals surface area contributed by atoms with E-state index in [2.05, 4.69) is 28.2 Å². The number of anilines is 1. The number of hydrogen-bond acceptors (Lipinski definition) is 3. The number of halogens is 2. The topological polar surface area (TPSA) is 45.2 Å². The molecule has 1 aromatic heterocycles. The van der Waals surface area contributed by atoms with Crippen LogP contribution in [0.3, 0.4) is 0 Å². The number of aromatic nitrogens is 1. The predicted molar refractivity (Wildman–Crippen MR) is 118 cm³/mol. The monoisotopic (exact) mass is 421 g/mol. The van der Waals surface area contributed by atoms with E-state index in [1.807, 2.05) is 37.3 Å². The van der Waals surface area contributed by atoms with Gasteiger partial charge in [0.25, 0.3) is 5.91 Å². The van der Waals surface area contributed by atoms with Crippen LogP contribution in [0, 0.1) is 11.6 Å². The van der Waals surface area contributed by atoms with Crippen molar-refractivity contribution >= 4 is 11.7 Å². The van der Waals surface area contributed by atoms with Gasteiger partial charge in [-0.3, -0.25) is 4.79 Å². The molecule has 160 valence electrons. The van der Waals surface area contributed by atoms with E-state index in [1.54, 1.807) is 6.20 Å². The van der Waals surface area contributed by atoms with Gasteiger partial charge in [0.15, 0.2) is 0 Å². The van der Waals surface area contributed by atoms with Crippen LogP contribution in [-0.4, -0.2) is 29.5 Å². The fourth-order valence-corrected chi connectivity index (χ4v) is 4.02. The van der Waals surface area contributed by atoms with Crippen molar-refractivity contribution in [2.24, 2.45) is 0 Å². The number of pyridine rings is 1. The molecule has 1 unspecified atom stereocenters. The normalized spacial score (nSPS) is 21.2. The summed E-state index contributed by atoms with van der Waals surface area (Å²) in [4.78, 5) is 19.2. The van der Waals surface area contributed by atoms with E-state index in [-0.39, 0.29) is 0 Å². The lowest BCUT2D eigenvalue weighted by atomic mass is 9.85. The molecule has 2 aliphatic rings. The van der Waals surface area contributed by atoms with Crippen LogP contribution < -0.4 is 10.2 Å². The highest BCUT2D eigenvalue weighted by molar-refractivity contribution is 5.95. The average molecular weight is 421 g/mol. The van der Waals surface area contributed by atoms with Crippen molar-refractivity contribution < 1.29 is 13.6 Å². The maximum Gasteiger partial charge on any atom is 0.257 e. The van der Waals surface area contributed by atoms with Crippen molar-refractivity contribution in [1.82, 2.24) is 10.3 Å². The fraction of sp³-hybridized carbons (Fsp3) is 0.280. The van der Waals surface area contributed by atoms with Gasteiger partial charge < -0.3 is 10.2 Å². The summed E-state index contributed by atoms with van der Waals surface area (Å²) in [7, 11) is 0. The summed E-state index contributed by atoms with van der Waals surface area (Å²) in [5.74, 6) is -1.53. The number of nitrogens with one attached hydrogen (secondary N) is 1. The summed E-state index contributed by atoms with van der Waals surface area (Å²) in [5.41, 5.74) is 2.43. The van der Waals surface area contributed by atoms with Gasteiger partial charge in [-0.25, -0.2) is 13.8 Å². The smallest absolute Gasteiger partial charge is 0.257 e. The Balaban J connectivity index is 1.48. The second kappa shape index (κ2) is 8.46. The zero-order valence-electron chi connectivity index (χ0n) is 17.7. The van der Waals surface area contributed by atoms with Crippen LogP contribution in [0.15, 0.2) is 77.5 Å². The highest BCUT2D eigenvalue weighted by Crippen LogP contribution is 2.31. The molecule has 0 bridgehead atoms. The molecule has 2 heterocycles. The van der Waals surface area contributed by atoms with Gasteiger partial charge in [-0.15, -0.1) is 0 Å². The molecule has 1 aromatic carbocycles. The third kappa shape index (κ3) is 4.43. The average Bonchev–Trinajstić information content (AvgIpc) is 2.75. The summed E-state index contributed by atoms with van der Waals surface area (Å²) in [6, 6.07) is 9.32. The molecule has 1 aliphatic heterocycles. The van der Waals surface area contributed by atoms with E-state index in [0.29, 0.717) is 6.42 Å². The first-order chi connectivity index (χ1) is 14.9. The van der Waals surface area contributed by atoms with Crippen LogP contribution in [-0.2, 0) is 0 Å². The molecule has 0 saturated heterocycles. The third-order valence-corrected chi connectivity index (χ3v) is 5.91. The number of allylic oxidation sites excluding steroid dienone is 1. The third-order valence-electron chi connectivity index (χ3n) is 5.91. The lowest BCUT2D eigenvalue weighted by molar-refractivity contribution is 0.0914. The Hall–Kier alpha value is -3.28. The van der Waals surface area contributed by atoms with E-state index in [1.165, 1.54) is 17.2 Å². The molecule has 1 atom stereocenters. The maximum absolute atomic E-state index is 14.0. The van der Waals surface area contributed by atoms with E-state index in [0.717, 1.165) is 43.0 Å². The molecule has 1 N–H and O–H groups in total. The molecule has 0 spiro atoms. The van der Waals surface area contributed by atoms with Crippen LogP contribution in [0.5, 0.6) is 0 Å². The molecule has 4 rings (SSSR count). The number of nitrogens with zero attached hydrogens (tertiary/aromatic N) is 2. The van der Waals surface area contributed by atoms with E-state index < -0.39 is 28.6 Å². The Morgan fingerprint density at radius 3 is 2.58 bits per heavy atom. The minimum absolute atomic E-state index is 0.529. The first-order valence-electron chi connectivity index (χ1n) is 10.4. The highest BCUT2D eigenvalue weighted by Gasteiger charge is 2.29. The van der Waals surface area contributed by atoms with Crippen LogP contribution in [0.1, 0.15) is 37.0 Å². The number of carbonyl (C=O) groups excluding carboxylic acids is 1. The summed E-state index contributed by atoms with van der Waals surface area (Å²) >= 11 is 0. The minimum Gasteiger partial charge on any atom is -0.352 e. The standard InChI is InChI=1S/C25H25F2N3O/c1-17-11-15-30(22-8-3-4-14-28-22)16-19(17)18-9-12-25(2,13-10-18)29-24(31)23-20(26)6-5-7-21(23)27/h3-10,12,14H,11,13,15-16H2,1-2H3,(H,29,31). The number of carbonyl (C=O) groups is 1. The zero-order valence-corrected chi connectivity index (χ0v) is 17.7. The second-order valence-electron chi connectivity index (χ2n) is 8.28. The Kier molecular flexibility index (Phi) is 5.72. The summed E-state index contributed by atoms with van der Waals surface area (Å²) in [6.45, 7) is 5.68. The Morgan fingerprint density at radius 1 is 1.16 bits per heavy atom. The maximum atomic E-state index is 14.0. The minimum atomic E-state index is -0.866. The van der Waals surface area contributed by atoms with Gasteiger partial charge >= 0.3 is 0 Å². The Bertz CT molecular complexity index is 1070. The first-order valence-corrected chi connectivity index (χ1v) is 10.4. The molecule has 0 fully saturated rings. The SMILES string of the molecule is CC1=C(C2=CCC(C)(NC(=O)c3c(F)cccc3F)C=C2)CN(c2ccccn2)CC1. The number of hydrogen-bond donors (Lipinski definition) is 1. The molecule has 31 heavy (non-hydrogen) atoms. The summed E-state index contributed by atoms with van der Waals surface area (Å²) < 4.78 is 27.9. The fourth-order valence-electron chi connectivity index (χ4n) is 4.02. The summed E-state index contributed by atoms with van der Waals surface area (Å²) in [6.07, 6.45) is 9.26. The Morgan fingerprint density at radius 2 is 1.94 bits per heavy atom. The van der Waals surface area contributed by atoms with Gasteiger partial charge in [-0.1, -0.05) is 35.9 Å². The largest absolute Gasteiger partial charge is 0.352 e. The highest BCUT2D eigenvalue weighted by atomic mass is 19.1. The van der Waals surface area contributed by atoms with Crippen LogP contribution in [0.25, 0.3) is 0 Å². The van der Waals surface area contributed by atoms with Gasteiger partial charge in [0.1, 0.15) is 23.0 Å². The second-order valence-corrected chi connectivity index (χ2v) is 8.28. The van der Waals surface area contributed by atoms with Gasteiger partial charge in [0.05, 0.1) is 5.54 Å². The van der Waals surface area contributed by atoms with Crippen LogP contribution in [0.2, 0.25) is 0 Å². The first kappa shape index (κ1) is 21.0. The van der Waals surface area contributed by atoms with Crippen LogP contribution >= 0.6 is 0 Å². The van der Waals surface area contributed by atoms with Gasteiger partial charge in [-0.05, 0) is 62.1 Å². The predicted octanol–water partition coefficient (Wildman–Crippen LogP) is 4.96. The van der Waals surface area contributed by atoms with Crippen molar-refractivity contribution in [1.29, 1.82) is 0 Å².